The normalized spacial score (nSPS) is 45.0. The molecule has 76 heavy (non-hydrogen) atoms. The van der Waals surface area contributed by atoms with Crippen LogP contribution in [0.25, 0.3) is 0 Å². The first-order valence-electron chi connectivity index (χ1n) is 26.6. The molecule has 6 saturated carbocycles. The topological polar surface area (TPSA) is 124 Å². The molecule has 2 aromatic rings. The van der Waals surface area contributed by atoms with Gasteiger partial charge in [0.15, 0.2) is 22.9 Å². The summed E-state index contributed by atoms with van der Waals surface area (Å²) in [6, 6.07) is 15.5. The molecule has 3 N–H and O–H groups in total. The van der Waals surface area contributed by atoms with Crippen LogP contribution in [0, 0.1) is 68.0 Å². The molecular weight excluding hydrogens is 1110 g/mol. The van der Waals surface area contributed by atoms with Gasteiger partial charge in [0.2, 0.25) is 0 Å². The molecule has 2 aromatic carbocycles. The second-order valence-electron chi connectivity index (χ2n) is 24.8. The molecule has 8 aliphatic carbocycles. The van der Waals surface area contributed by atoms with Crippen molar-refractivity contribution < 1.29 is 47.0 Å². The van der Waals surface area contributed by atoms with Crippen LogP contribution in [0.2, 0.25) is 10.0 Å². The van der Waals surface area contributed by atoms with E-state index >= 15 is 17.6 Å². The molecule has 10 aliphatic rings. The van der Waals surface area contributed by atoms with E-state index in [0.29, 0.717) is 50.6 Å². The Kier molecular flexibility index (Phi) is 15.1. The molecule has 2 aliphatic heterocycles. The third-order valence-electron chi connectivity index (χ3n) is 21.9. The molecule has 0 bridgehead atoms. The minimum atomic E-state index is -2.11. The van der Waals surface area contributed by atoms with Crippen LogP contribution in [0.1, 0.15) is 91.2 Å². The number of allylic oxidation sites excluding steroid dienone is 8. The van der Waals surface area contributed by atoms with Crippen molar-refractivity contribution in [2.45, 2.75) is 128 Å². The van der Waals surface area contributed by atoms with Crippen molar-refractivity contribution in [2.75, 3.05) is 26.2 Å². The maximum Gasteiger partial charge on any atom is 0.178 e. The Morgan fingerprint density at radius 2 is 1.17 bits per heavy atom. The van der Waals surface area contributed by atoms with Gasteiger partial charge in [-0.25, -0.2) is 17.6 Å². The van der Waals surface area contributed by atoms with Crippen molar-refractivity contribution >= 4 is 74.7 Å². The number of hydrogen-bond acceptors (Lipinski definition) is 8. The van der Waals surface area contributed by atoms with Gasteiger partial charge in [0.1, 0.15) is 23.9 Å². The Morgan fingerprint density at radius 3 is 1.63 bits per heavy atom. The predicted molar refractivity (Wildman–Crippen MR) is 292 cm³/mol. The molecule has 0 aromatic heterocycles. The van der Waals surface area contributed by atoms with E-state index in [1.807, 2.05) is 62.4 Å². The monoisotopic (exact) mass is 1170 g/mol. The molecule has 2 saturated heterocycles. The summed E-state index contributed by atoms with van der Waals surface area (Å²) in [4.78, 5) is 52.6. The Labute approximate surface area is 468 Å². The maximum atomic E-state index is 17.4. The van der Waals surface area contributed by atoms with Crippen LogP contribution in [-0.2, 0) is 31.1 Å². The average Bonchev–Trinajstić information content (AvgIpc) is 4.27. The number of halogens is 8. The molecule has 8 fully saturated rings. The number of aliphatic hydroxyl groups is 2. The molecule has 18 atom stereocenters. The molecule has 0 radical (unpaired) electrons. The van der Waals surface area contributed by atoms with Crippen molar-refractivity contribution in [1.29, 1.82) is 0 Å². The molecule has 0 unspecified atom stereocenters. The molecule has 12 rings (SSSR count). The number of nitrogens with zero attached hydrogens (tertiary/aromatic N) is 1. The number of Topliss-reactive ketones (excluding diaryl/α,β-unsaturated/α-hetero) is 2. The van der Waals surface area contributed by atoms with Gasteiger partial charge in [-0.3, -0.25) is 24.1 Å². The van der Waals surface area contributed by atoms with Crippen molar-refractivity contribution in [2.24, 2.45) is 68.0 Å². The summed E-state index contributed by atoms with van der Waals surface area (Å²) in [7, 11) is 0. The third kappa shape index (κ3) is 7.96. The predicted octanol–water partition coefficient (Wildman–Crippen LogP) is 11.6. The first-order valence-corrected chi connectivity index (χ1v) is 28.5. The number of nitrogens with one attached hydrogen (secondary N) is 1. The fourth-order valence-electron chi connectivity index (χ4n) is 18.5. The Bertz CT molecular complexity index is 2850. The summed E-state index contributed by atoms with van der Waals surface area (Å²) >= 11 is 15.2. The summed E-state index contributed by atoms with van der Waals surface area (Å²) < 4.78 is 65.5. The summed E-state index contributed by atoms with van der Waals surface area (Å²) in [5.74, 6) is -2.34. The standard InChI is InChI=1S/C30H34ClF2NO3.C23H29F2NO3.C7H6BrCl.ClH/c1-17(35)29-16-34(14-18-5-4-6-20(31)9-18)15-19(29)10-22-23-12-25(32)24-11-21(36)7-8-27(24,2)30(23,33)26(37)13-28(22,29)3;1-12(27)22-11-26-10-13(22)6-15-16-8-18(24)17-7-14(28)4-5-20(17,2)23(16,25)19(29)9-21(15,22)3;8-5-6-2-1-3-7(9)4-6;/h4-9,11,19,22-23,25-26,37H,10,12-16H2,1-3H3;4-5,7,13,15-16,18-19,26,29H,6,8-11H2,1-3H3;1-4H,5H2;1H/t19-,22-,23-,25-,26-,27-,28-,29-,30-;13-,15-,16-,18-,19-,20-,21-,22-,23-;;/m00../s1. The molecule has 8 nitrogen and oxygen atoms in total. The van der Waals surface area contributed by atoms with Gasteiger partial charge in [-0.15, -0.1) is 12.4 Å². The lowest BCUT2D eigenvalue weighted by atomic mass is 9.43. The number of hydrogen-bond donors (Lipinski definition) is 3. The zero-order chi connectivity index (χ0) is 54.2. The van der Waals surface area contributed by atoms with Gasteiger partial charge in [0, 0.05) is 64.2 Å². The van der Waals surface area contributed by atoms with Crippen LogP contribution in [0.5, 0.6) is 0 Å². The zero-order valence-electron chi connectivity index (χ0n) is 43.9. The van der Waals surface area contributed by atoms with E-state index in [1.54, 1.807) is 27.7 Å². The highest BCUT2D eigenvalue weighted by molar-refractivity contribution is 9.08. The lowest BCUT2D eigenvalue weighted by Gasteiger charge is -2.63. The van der Waals surface area contributed by atoms with Crippen LogP contribution in [0.4, 0.5) is 17.6 Å². The summed E-state index contributed by atoms with van der Waals surface area (Å²) in [6.45, 7) is 13.6. The summed E-state index contributed by atoms with van der Waals surface area (Å²) in [6.07, 6.45) is 3.82. The first kappa shape index (κ1) is 57.7. The first-order chi connectivity index (χ1) is 35.2. The van der Waals surface area contributed by atoms with Crippen LogP contribution in [-0.4, -0.2) is 100 Å². The van der Waals surface area contributed by atoms with Gasteiger partial charge in [0.05, 0.1) is 23.0 Å². The molecule has 0 amide bonds. The van der Waals surface area contributed by atoms with Gasteiger partial charge in [-0.2, -0.15) is 0 Å². The van der Waals surface area contributed by atoms with Crippen LogP contribution >= 0.6 is 51.5 Å². The minimum absolute atomic E-state index is 0. The lowest BCUT2D eigenvalue weighted by Crippen LogP contribution is -2.69. The number of fused-ring (bicyclic) bond motifs is 14. The van der Waals surface area contributed by atoms with Gasteiger partial charge >= 0.3 is 0 Å². The van der Waals surface area contributed by atoms with Gasteiger partial charge in [-0.05, 0) is 178 Å². The second-order valence-corrected chi connectivity index (χ2v) is 26.3. The zero-order valence-corrected chi connectivity index (χ0v) is 47.8. The van der Waals surface area contributed by atoms with E-state index in [9.17, 15) is 29.4 Å². The Balaban J connectivity index is 0.000000161. The number of rotatable bonds is 5. The molecule has 412 valence electrons. The van der Waals surface area contributed by atoms with Crippen molar-refractivity contribution in [3.8, 4) is 0 Å². The smallest absolute Gasteiger partial charge is 0.178 e. The van der Waals surface area contributed by atoms with E-state index < -0.39 is 80.2 Å². The molecular formula is C60H70BrCl3F4N2O6. The highest BCUT2D eigenvalue weighted by atomic mass is 79.9. The lowest BCUT2D eigenvalue weighted by molar-refractivity contribution is -0.211. The number of carbonyl (C=O) groups excluding carboxylic acids is 4. The molecule has 0 spiro atoms. The van der Waals surface area contributed by atoms with Crippen molar-refractivity contribution in [1.82, 2.24) is 10.2 Å². The van der Waals surface area contributed by atoms with E-state index in [-0.39, 0.29) is 96.0 Å². The van der Waals surface area contributed by atoms with E-state index in [1.165, 1.54) is 42.0 Å². The highest BCUT2D eigenvalue weighted by Crippen LogP contribution is 2.76. The van der Waals surface area contributed by atoms with E-state index in [0.717, 1.165) is 15.9 Å². The largest absolute Gasteiger partial charge is 0.390 e. The van der Waals surface area contributed by atoms with Crippen LogP contribution < -0.4 is 5.32 Å². The minimum Gasteiger partial charge on any atom is -0.390 e. The Morgan fingerprint density at radius 1 is 0.711 bits per heavy atom. The highest BCUT2D eigenvalue weighted by Gasteiger charge is 2.79. The fourth-order valence-corrected chi connectivity index (χ4v) is 19.3. The summed E-state index contributed by atoms with van der Waals surface area (Å²) in [5.41, 5.74) is -7.00. The van der Waals surface area contributed by atoms with E-state index in [4.69, 9.17) is 23.2 Å². The van der Waals surface area contributed by atoms with Crippen molar-refractivity contribution in [3.05, 3.63) is 117 Å². The fraction of sp³-hybridized carbons (Fsp3) is 0.600. The summed E-state index contributed by atoms with van der Waals surface area (Å²) in [5, 5.41) is 28.5. The second kappa shape index (κ2) is 19.9. The van der Waals surface area contributed by atoms with E-state index in [2.05, 4.69) is 26.1 Å². The quantitative estimate of drug-likeness (QED) is 0.200. The number of ketones is 4. The average molecular weight is 1180 g/mol. The maximum absolute atomic E-state index is 17.4. The number of likely N-dealkylation sites (tertiary alicyclic amines) is 1. The molecule has 16 heteroatoms. The Hall–Kier alpha value is -3.01. The SMILES string of the molecule is CC(=O)[C@@]12CN(Cc3cccc(Cl)c3)C[C@@H]1C[C@H]1[C@@H]3C[C@H](F)C4=CC(=O)C=C[C@]4(C)[C@@]3(F)[C@@H](O)C[C@@]12C.CC(=O)[C@@]12CNC[C@@H]1C[C@H]1[C@@H]3C[C@H](F)C4=CC(=O)C=C[C@]4(C)[C@@]3(F)[C@@H](O)C[C@@]12C.Cl.Clc1cccc(CBr)c1. The number of aliphatic hydroxyl groups excluding tert-OH is 2. The van der Waals surface area contributed by atoms with Crippen LogP contribution in [0.15, 0.2) is 96.1 Å². The number of alkyl halides is 5. The number of benzene rings is 2. The van der Waals surface area contributed by atoms with Crippen LogP contribution in [0.3, 0.4) is 0 Å². The third-order valence-corrected chi connectivity index (χ3v) is 23.0. The van der Waals surface area contributed by atoms with Crippen molar-refractivity contribution in [3.63, 3.8) is 0 Å². The molecule has 2 heterocycles. The van der Waals surface area contributed by atoms with Gasteiger partial charge in [-0.1, -0.05) is 89.4 Å². The number of carbonyl (C=O) groups is 4. The van der Waals surface area contributed by atoms with Gasteiger partial charge < -0.3 is 15.5 Å². The van der Waals surface area contributed by atoms with Gasteiger partial charge in [0.25, 0.3) is 0 Å².